The van der Waals surface area contributed by atoms with Crippen molar-refractivity contribution >= 4 is 5.91 Å². The molecule has 0 aromatic heterocycles. The number of nitrogens with zero attached hydrogens (tertiary/aromatic N) is 3. The second-order valence-corrected chi connectivity index (χ2v) is 4.65. The van der Waals surface area contributed by atoms with Gasteiger partial charge in [0.05, 0.1) is 12.2 Å². The van der Waals surface area contributed by atoms with Crippen molar-refractivity contribution in [1.82, 2.24) is 9.80 Å². The van der Waals surface area contributed by atoms with Crippen molar-refractivity contribution in [3.63, 3.8) is 0 Å². The third-order valence-corrected chi connectivity index (χ3v) is 3.44. The zero-order valence-electron chi connectivity index (χ0n) is 10.1. The molecular weight excluding hydrogens is 218 g/mol. The molecule has 1 atom stereocenters. The zero-order chi connectivity index (χ0) is 12.1. The third kappa shape index (κ3) is 3.42. The Kier molecular flexibility index (Phi) is 4.35. The van der Waals surface area contributed by atoms with Crippen LogP contribution in [-0.4, -0.2) is 61.1 Å². The van der Waals surface area contributed by atoms with E-state index in [9.17, 15) is 4.79 Å². The molecule has 0 bridgehead atoms. The Hall–Kier alpha value is -1.12. The first-order chi connectivity index (χ1) is 8.29. The fourth-order valence-electron chi connectivity index (χ4n) is 2.44. The van der Waals surface area contributed by atoms with Gasteiger partial charge in [-0.25, -0.2) is 0 Å². The molecule has 0 saturated carbocycles. The summed E-state index contributed by atoms with van der Waals surface area (Å²) in [4.78, 5) is 15.6. The van der Waals surface area contributed by atoms with Crippen LogP contribution in [0.3, 0.4) is 0 Å². The second kappa shape index (κ2) is 5.99. The van der Waals surface area contributed by atoms with Gasteiger partial charge in [-0.15, -0.1) is 0 Å². The Morgan fingerprint density at radius 2 is 2.12 bits per heavy atom. The fraction of sp³-hybridized carbons (Fsp3) is 0.833. The molecule has 0 unspecified atom stereocenters. The lowest BCUT2D eigenvalue weighted by Gasteiger charge is -2.35. The van der Waals surface area contributed by atoms with Crippen LogP contribution in [0.15, 0.2) is 0 Å². The highest BCUT2D eigenvalue weighted by atomic mass is 16.5. The van der Waals surface area contributed by atoms with E-state index in [0.29, 0.717) is 6.10 Å². The number of piperazine rings is 1. The van der Waals surface area contributed by atoms with Crippen molar-refractivity contribution in [2.45, 2.75) is 25.4 Å². The summed E-state index contributed by atoms with van der Waals surface area (Å²) in [6.45, 7) is 5.17. The van der Waals surface area contributed by atoms with Crippen LogP contribution in [0.5, 0.6) is 0 Å². The number of amides is 1. The summed E-state index contributed by atoms with van der Waals surface area (Å²) in [5.74, 6) is -0.0377. The van der Waals surface area contributed by atoms with Crippen LogP contribution >= 0.6 is 0 Å². The molecule has 0 aromatic carbocycles. The molecule has 5 nitrogen and oxygen atoms in total. The normalized spacial score (nSPS) is 25.8. The van der Waals surface area contributed by atoms with E-state index in [1.54, 1.807) is 4.90 Å². The zero-order valence-corrected chi connectivity index (χ0v) is 10.1. The van der Waals surface area contributed by atoms with Crippen molar-refractivity contribution in [2.24, 2.45) is 0 Å². The summed E-state index contributed by atoms with van der Waals surface area (Å²) in [5, 5.41) is 8.48. The summed E-state index contributed by atoms with van der Waals surface area (Å²) in [5.41, 5.74) is 0. The van der Waals surface area contributed by atoms with Gasteiger partial charge in [-0.2, -0.15) is 5.26 Å². The van der Waals surface area contributed by atoms with E-state index in [2.05, 4.69) is 4.90 Å². The summed E-state index contributed by atoms with van der Waals surface area (Å²) in [6, 6.07) is 1.91. The van der Waals surface area contributed by atoms with Crippen LogP contribution in [0.1, 0.15) is 19.3 Å². The van der Waals surface area contributed by atoms with Crippen LogP contribution < -0.4 is 0 Å². The van der Waals surface area contributed by atoms with Crippen LogP contribution in [0.2, 0.25) is 0 Å². The first-order valence-corrected chi connectivity index (χ1v) is 6.28. The Balaban J connectivity index is 1.70. The smallest absolute Gasteiger partial charge is 0.236 e. The minimum Gasteiger partial charge on any atom is -0.377 e. The van der Waals surface area contributed by atoms with Gasteiger partial charge in [0.2, 0.25) is 5.91 Å². The Labute approximate surface area is 102 Å². The minimum atomic E-state index is -0.0377. The number of carbonyl (C=O) groups is 1. The number of hydrogen-bond acceptors (Lipinski definition) is 4. The van der Waals surface area contributed by atoms with Gasteiger partial charge in [0.1, 0.15) is 6.42 Å². The van der Waals surface area contributed by atoms with E-state index in [1.165, 1.54) is 6.42 Å². The molecule has 2 aliphatic rings. The maximum absolute atomic E-state index is 11.5. The molecule has 1 amide bonds. The van der Waals surface area contributed by atoms with E-state index in [-0.39, 0.29) is 12.3 Å². The summed E-state index contributed by atoms with van der Waals surface area (Å²) in [7, 11) is 0. The minimum absolute atomic E-state index is 0.00569. The maximum Gasteiger partial charge on any atom is 0.236 e. The van der Waals surface area contributed by atoms with E-state index < -0.39 is 0 Å². The lowest BCUT2D eigenvalue weighted by molar-refractivity contribution is -0.132. The molecule has 2 heterocycles. The quantitative estimate of drug-likeness (QED) is 0.705. The molecule has 2 saturated heterocycles. The molecule has 2 aliphatic heterocycles. The van der Waals surface area contributed by atoms with E-state index >= 15 is 0 Å². The first kappa shape index (κ1) is 12.3. The van der Waals surface area contributed by atoms with Gasteiger partial charge in [0.25, 0.3) is 0 Å². The molecule has 2 rings (SSSR count). The molecular formula is C12H19N3O2. The predicted molar refractivity (Wildman–Crippen MR) is 62.2 cm³/mol. The largest absolute Gasteiger partial charge is 0.377 e. The second-order valence-electron chi connectivity index (χ2n) is 4.65. The molecule has 0 spiro atoms. The van der Waals surface area contributed by atoms with Crippen molar-refractivity contribution in [1.29, 1.82) is 5.26 Å². The summed E-state index contributed by atoms with van der Waals surface area (Å²) in [6.07, 6.45) is 2.72. The van der Waals surface area contributed by atoms with E-state index in [0.717, 1.165) is 45.8 Å². The average molecular weight is 237 g/mol. The molecule has 0 N–H and O–H groups in total. The van der Waals surface area contributed by atoms with Gasteiger partial charge in [-0.05, 0) is 12.8 Å². The van der Waals surface area contributed by atoms with Crippen molar-refractivity contribution in [3.8, 4) is 6.07 Å². The van der Waals surface area contributed by atoms with Gasteiger partial charge in [-0.3, -0.25) is 9.69 Å². The van der Waals surface area contributed by atoms with Gasteiger partial charge < -0.3 is 9.64 Å². The molecule has 0 aliphatic carbocycles. The molecule has 2 fully saturated rings. The van der Waals surface area contributed by atoms with Crippen molar-refractivity contribution < 1.29 is 9.53 Å². The maximum atomic E-state index is 11.5. The number of nitriles is 1. The number of carbonyl (C=O) groups excluding carboxylic acids is 1. The Morgan fingerprint density at radius 1 is 1.35 bits per heavy atom. The summed E-state index contributed by atoms with van der Waals surface area (Å²) >= 11 is 0. The monoisotopic (exact) mass is 237 g/mol. The van der Waals surface area contributed by atoms with Gasteiger partial charge in [0.15, 0.2) is 0 Å². The number of hydrogen-bond donors (Lipinski definition) is 0. The van der Waals surface area contributed by atoms with Crippen LogP contribution in [0.25, 0.3) is 0 Å². The summed E-state index contributed by atoms with van der Waals surface area (Å²) < 4.78 is 5.60. The first-order valence-electron chi connectivity index (χ1n) is 6.28. The fourth-order valence-corrected chi connectivity index (χ4v) is 2.44. The standard InChI is InChI=1S/C12H19N3O2/c13-4-3-12(16)15-7-5-14(6-8-15)10-11-2-1-9-17-11/h11H,1-3,5-10H2/t11-/m0/s1. The van der Waals surface area contributed by atoms with Crippen LogP contribution in [0.4, 0.5) is 0 Å². The molecule has 17 heavy (non-hydrogen) atoms. The highest BCUT2D eigenvalue weighted by Crippen LogP contribution is 2.14. The van der Waals surface area contributed by atoms with Crippen molar-refractivity contribution in [2.75, 3.05) is 39.3 Å². The average Bonchev–Trinajstić information content (AvgIpc) is 2.83. The lowest BCUT2D eigenvalue weighted by Crippen LogP contribution is -2.50. The van der Waals surface area contributed by atoms with E-state index in [1.807, 2.05) is 6.07 Å². The third-order valence-electron chi connectivity index (χ3n) is 3.44. The van der Waals surface area contributed by atoms with E-state index in [4.69, 9.17) is 10.00 Å². The SMILES string of the molecule is N#CCC(=O)N1CCN(C[C@@H]2CCCO2)CC1. The van der Waals surface area contributed by atoms with Crippen LogP contribution in [0, 0.1) is 11.3 Å². The van der Waals surface area contributed by atoms with Crippen molar-refractivity contribution in [3.05, 3.63) is 0 Å². The topological polar surface area (TPSA) is 56.6 Å². The van der Waals surface area contributed by atoms with Gasteiger partial charge in [-0.1, -0.05) is 0 Å². The lowest BCUT2D eigenvalue weighted by atomic mass is 10.2. The number of rotatable bonds is 3. The van der Waals surface area contributed by atoms with Gasteiger partial charge >= 0.3 is 0 Å². The molecule has 5 heteroatoms. The Bertz CT molecular complexity index is 299. The van der Waals surface area contributed by atoms with Gasteiger partial charge in [0, 0.05) is 39.3 Å². The molecule has 0 aromatic rings. The Morgan fingerprint density at radius 3 is 2.71 bits per heavy atom. The van der Waals surface area contributed by atoms with Crippen LogP contribution in [-0.2, 0) is 9.53 Å². The molecule has 0 radical (unpaired) electrons. The highest BCUT2D eigenvalue weighted by molar-refractivity contribution is 5.78. The highest BCUT2D eigenvalue weighted by Gasteiger charge is 2.24. The molecule has 94 valence electrons. The predicted octanol–water partition coefficient (Wildman–Crippen LogP) is 0.223. The number of ether oxygens (including phenoxy) is 1.